The smallest absolute Gasteiger partial charge is 0.406 e. The van der Waals surface area contributed by atoms with Crippen molar-refractivity contribution in [2.45, 2.75) is 103 Å². The third-order valence-electron chi connectivity index (χ3n) is 11.7. The summed E-state index contributed by atoms with van der Waals surface area (Å²) in [5.74, 6) is 0.610. The first kappa shape index (κ1) is 45.8. The predicted octanol–water partition coefficient (Wildman–Crippen LogP) is 7.13. The van der Waals surface area contributed by atoms with Crippen LogP contribution in [0.3, 0.4) is 0 Å². The fraction of sp³-hybridized carbons (Fsp3) is 0.522. The van der Waals surface area contributed by atoms with Crippen molar-refractivity contribution in [2.24, 2.45) is 10.8 Å². The lowest BCUT2D eigenvalue weighted by Crippen LogP contribution is -2.58. The largest absolute Gasteiger partial charge is 0.453 e. The van der Waals surface area contributed by atoms with Gasteiger partial charge in [0.05, 0.1) is 63.2 Å². The number of carbonyl (C=O) groups is 4. The maximum absolute atomic E-state index is 13.9. The summed E-state index contributed by atoms with van der Waals surface area (Å²) in [6, 6.07) is 15.4. The summed E-state index contributed by atoms with van der Waals surface area (Å²) in [5.41, 5.74) is 2.29. The summed E-state index contributed by atoms with van der Waals surface area (Å²) in [6.07, 6.45) is 6.52. The Morgan fingerprint density at radius 2 is 0.968 bits per heavy atom. The molecule has 2 aromatic carbocycles. The van der Waals surface area contributed by atoms with Crippen LogP contribution in [0.25, 0.3) is 33.6 Å². The summed E-state index contributed by atoms with van der Waals surface area (Å²) in [7, 11) is 2.57. The molecule has 0 saturated carbocycles. The SMILES string of the molecule is COC(=O)NCC1(C(=O)N[C@H](c2ncc(-c3ccc(-c4ccc(-c5cnc([C@@H](NC(=O)C6(CNC(=O)OC)CCCCO6)C(C)(C)C)[nH]5)cc4)cc3)[nH]2)C(C)(C)C)CCCCO1. The molecule has 4 heterocycles. The van der Waals surface area contributed by atoms with Crippen molar-refractivity contribution in [3.05, 3.63) is 72.6 Å². The molecule has 2 aliphatic rings. The number of alkyl carbamates (subject to hydrolysis) is 2. The number of H-pyrrole nitrogens is 2. The van der Waals surface area contributed by atoms with E-state index in [9.17, 15) is 19.2 Å². The van der Waals surface area contributed by atoms with Crippen LogP contribution < -0.4 is 21.3 Å². The van der Waals surface area contributed by atoms with Crippen molar-refractivity contribution in [3.63, 3.8) is 0 Å². The number of ether oxygens (including phenoxy) is 4. The number of amides is 4. The second-order valence-corrected chi connectivity index (χ2v) is 18.4. The number of hydrogen-bond donors (Lipinski definition) is 6. The van der Waals surface area contributed by atoms with Crippen LogP contribution in [0, 0.1) is 10.8 Å². The Bertz CT molecular complexity index is 2000. The van der Waals surface area contributed by atoms with Crippen LogP contribution in [0.1, 0.15) is 104 Å². The van der Waals surface area contributed by atoms with Gasteiger partial charge in [0.15, 0.2) is 11.2 Å². The Labute approximate surface area is 363 Å². The molecule has 16 nitrogen and oxygen atoms in total. The Hall–Kier alpha value is -5.74. The van der Waals surface area contributed by atoms with Gasteiger partial charge in [-0.2, -0.15) is 0 Å². The van der Waals surface area contributed by atoms with E-state index in [2.05, 4.69) is 55.5 Å². The first-order valence-electron chi connectivity index (χ1n) is 21.3. The molecule has 6 N–H and O–H groups in total. The minimum Gasteiger partial charge on any atom is -0.453 e. The van der Waals surface area contributed by atoms with Crippen molar-refractivity contribution in [1.29, 1.82) is 0 Å². The fourth-order valence-electron chi connectivity index (χ4n) is 7.94. The molecule has 2 unspecified atom stereocenters. The lowest BCUT2D eigenvalue weighted by molar-refractivity contribution is -0.154. The normalized spacial score (nSPS) is 20.3. The fourth-order valence-corrected chi connectivity index (χ4v) is 7.94. The third-order valence-corrected chi connectivity index (χ3v) is 11.7. The minimum atomic E-state index is -1.21. The molecule has 334 valence electrons. The second kappa shape index (κ2) is 19.1. The van der Waals surface area contributed by atoms with Crippen LogP contribution in [-0.2, 0) is 28.5 Å². The number of aromatic amines is 2. The van der Waals surface area contributed by atoms with Gasteiger partial charge in [-0.1, -0.05) is 90.1 Å². The van der Waals surface area contributed by atoms with Gasteiger partial charge in [-0.3, -0.25) is 9.59 Å². The van der Waals surface area contributed by atoms with E-state index < -0.39 is 46.3 Å². The summed E-state index contributed by atoms with van der Waals surface area (Å²) >= 11 is 0. The van der Waals surface area contributed by atoms with Gasteiger partial charge < -0.3 is 50.2 Å². The van der Waals surface area contributed by atoms with Gasteiger partial charge in [-0.25, -0.2) is 19.6 Å². The molecule has 16 heteroatoms. The minimum absolute atomic E-state index is 0.00179. The zero-order valence-electron chi connectivity index (χ0n) is 37.2. The summed E-state index contributed by atoms with van der Waals surface area (Å²) < 4.78 is 21.6. The molecule has 2 aliphatic heterocycles. The highest BCUT2D eigenvalue weighted by Gasteiger charge is 2.46. The number of nitrogens with zero attached hydrogens (tertiary/aromatic N) is 2. The highest BCUT2D eigenvalue weighted by atomic mass is 16.5. The first-order chi connectivity index (χ1) is 29.5. The second-order valence-electron chi connectivity index (χ2n) is 18.4. The number of benzene rings is 2. The highest BCUT2D eigenvalue weighted by Crippen LogP contribution is 2.37. The lowest BCUT2D eigenvalue weighted by atomic mass is 9.84. The van der Waals surface area contributed by atoms with Crippen molar-refractivity contribution in [3.8, 4) is 33.6 Å². The van der Waals surface area contributed by atoms with Gasteiger partial charge >= 0.3 is 12.2 Å². The summed E-state index contributed by atoms with van der Waals surface area (Å²) in [4.78, 5) is 67.9. The van der Waals surface area contributed by atoms with E-state index in [4.69, 9.17) is 28.9 Å². The topological polar surface area (TPSA) is 211 Å². The summed E-state index contributed by atoms with van der Waals surface area (Å²) in [6.45, 7) is 13.1. The molecular weight excluding hydrogens is 793 g/mol. The molecule has 0 aliphatic carbocycles. The molecule has 0 spiro atoms. The van der Waals surface area contributed by atoms with Crippen molar-refractivity contribution < 1.29 is 38.1 Å². The van der Waals surface area contributed by atoms with E-state index in [1.54, 1.807) is 12.4 Å². The van der Waals surface area contributed by atoms with Crippen LogP contribution in [0.15, 0.2) is 60.9 Å². The predicted molar refractivity (Wildman–Crippen MR) is 234 cm³/mol. The van der Waals surface area contributed by atoms with Gasteiger partial charge in [-0.15, -0.1) is 0 Å². The Morgan fingerprint density at radius 3 is 1.27 bits per heavy atom. The lowest BCUT2D eigenvalue weighted by Gasteiger charge is -2.39. The highest BCUT2D eigenvalue weighted by molar-refractivity contribution is 5.87. The Balaban J connectivity index is 1.13. The van der Waals surface area contributed by atoms with E-state index in [0.29, 0.717) is 37.7 Å². The Morgan fingerprint density at radius 1 is 0.613 bits per heavy atom. The Kier molecular flexibility index (Phi) is 14.1. The van der Waals surface area contributed by atoms with E-state index in [1.807, 2.05) is 65.8 Å². The van der Waals surface area contributed by atoms with Crippen LogP contribution in [0.4, 0.5) is 9.59 Å². The molecule has 0 bridgehead atoms. The molecular formula is C46H62N8O8. The van der Waals surface area contributed by atoms with Crippen LogP contribution in [0.2, 0.25) is 0 Å². The molecule has 2 aromatic heterocycles. The molecule has 2 fully saturated rings. The molecule has 0 radical (unpaired) electrons. The molecule has 2 saturated heterocycles. The number of rotatable bonds is 13. The van der Waals surface area contributed by atoms with E-state index in [-0.39, 0.29) is 24.9 Å². The van der Waals surface area contributed by atoms with Gasteiger partial charge in [-0.05, 0) is 71.6 Å². The number of aromatic nitrogens is 4. The molecule has 4 amide bonds. The van der Waals surface area contributed by atoms with Gasteiger partial charge in [0.25, 0.3) is 11.8 Å². The molecule has 6 rings (SSSR count). The molecule has 4 atom stereocenters. The number of hydrogen-bond acceptors (Lipinski definition) is 10. The number of carbonyl (C=O) groups excluding carboxylic acids is 4. The zero-order chi connectivity index (χ0) is 44.7. The third kappa shape index (κ3) is 10.6. The summed E-state index contributed by atoms with van der Waals surface area (Å²) in [5, 5.41) is 11.7. The van der Waals surface area contributed by atoms with E-state index >= 15 is 0 Å². The van der Waals surface area contributed by atoms with Gasteiger partial charge in [0.2, 0.25) is 0 Å². The van der Waals surface area contributed by atoms with Crippen LogP contribution >= 0.6 is 0 Å². The van der Waals surface area contributed by atoms with Crippen LogP contribution in [0.5, 0.6) is 0 Å². The monoisotopic (exact) mass is 854 g/mol. The van der Waals surface area contributed by atoms with E-state index in [0.717, 1.165) is 59.3 Å². The average Bonchev–Trinajstić information content (AvgIpc) is 3.96. The van der Waals surface area contributed by atoms with Crippen LogP contribution in [-0.4, -0.2) is 95.7 Å². The first-order valence-corrected chi connectivity index (χ1v) is 21.3. The number of imidazole rings is 2. The van der Waals surface area contributed by atoms with Gasteiger partial charge in [0.1, 0.15) is 11.6 Å². The van der Waals surface area contributed by atoms with Crippen molar-refractivity contribution >= 4 is 24.0 Å². The van der Waals surface area contributed by atoms with E-state index in [1.165, 1.54) is 14.2 Å². The number of methoxy groups -OCH3 is 2. The quantitative estimate of drug-likeness (QED) is 0.0801. The average molecular weight is 855 g/mol. The number of nitrogens with one attached hydrogen (secondary N) is 6. The molecule has 62 heavy (non-hydrogen) atoms. The standard InChI is InChI=1S/C46H62N8O8/c1-43(2,3)35(53-39(55)45(21-9-11-23-61-45)27-49-41(57)59-7)37-47-25-33(51-37)31-17-13-29(14-18-31)30-15-19-32(20-16-30)34-26-48-38(52-34)36(44(4,5)6)54-40(56)46(22-10-12-24-62-46)28-50-42(58)60-8/h13-20,25-26,35-36H,9-12,21-24,27-28H2,1-8H3,(H,47,51)(H,48,52)(H,49,57)(H,50,58)(H,53,55)(H,54,56)/t35-,36-,45?,46?/m1/s1. The molecule has 4 aromatic rings. The maximum Gasteiger partial charge on any atom is 0.406 e. The van der Waals surface area contributed by atoms with Gasteiger partial charge in [0, 0.05) is 13.2 Å². The van der Waals surface area contributed by atoms with Crippen molar-refractivity contribution in [1.82, 2.24) is 41.2 Å². The zero-order valence-corrected chi connectivity index (χ0v) is 37.2. The van der Waals surface area contributed by atoms with Crippen molar-refractivity contribution in [2.75, 3.05) is 40.5 Å². The maximum atomic E-state index is 13.9.